The largest absolute Gasteiger partial charge is 0.371 e. The van der Waals surface area contributed by atoms with Crippen LogP contribution >= 0.6 is 11.8 Å². The second-order valence-corrected chi connectivity index (χ2v) is 7.64. The monoisotopic (exact) mass is 337 g/mol. The molecule has 0 spiro atoms. The number of rotatable bonds is 4. The van der Waals surface area contributed by atoms with Crippen molar-refractivity contribution in [3.05, 3.63) is 33.9 Å². The van der Waals surface area contributed by atoms with E-state index in [9.17, 15) is 10.1 Å². The van der Waals surface area contributed by atoms with Crippen LogP contribution in [-0.2, 0) is 4.74 Å². The number of aliphatic imine (C=N–C) groups is 1. The van der Waals surface area contributed by atoms with Crippen LogP contribution in [0, 0.1) is 17.0 Å². The number of amidine groups is 1. The first-order chi connectivity index (χ1) is 10.7. The number of anilines is 1. The van der Waals surface area contributed by atoms with Crippen LogP contribution in [0.15, 0.2) is 23.2 Å². The molecule has 1 unspecified atom stereocenters. The van der Waals surface area contributed by atoms with Gasteiger partial charge >= 0.3 is 0 Å². The molecule has 1 aliphatic heterocycles. The second kappa shape index (κ2) is 6.88. The highest BCUT2D eigenvalue weighted by Crippen LogP contribution is 2.27. The number of nitro benzene ring substituents is 1. The molecule has 6 nitrogen and oxygen atoms in total. The second-order valence-electron chi connectivity index (χ2n) is 6.63. The molecule has 1 N–H and O–H groups in total. The lowest BCUT2D eigenvalue weighted by Gasteiger charge is -2.27. The third-order valence-electron chi connectivity index (χ3n) is 3.42. The van der Waals surface area contributed by atoms with Crippen molar-refractivity contribution in [2.75, 3.05) is 11.1 Å². The topological polar surface area (TPSA) is 76.8 Å². The number of nitrogens with zero attached hydrogens (tertiary/aromatic N) is 2. The van der Waals surface area contributed by atoms with E-state index >= 15 is 0 Å². The van der Waals surface area contributed by atoms with E-state index in [4.69, 9.17) is 4.74 Å². The molecule has 1 heterocycles. The van der Waals surface area contributed by atoms with Crippen molar-refractivity contribution in [2.45, 2.75) is 52.4 Å². The zero-order valence-electron chi connectivity index (χ0n) is 14.1. The van der Waals surface area contributed by atoms with E-state index in [2.05, 4.69) is 10.3 Å². The lowest BCUT2D eigenvalue weighted by molar-refractivity contribution is -0.384. The summed E-state index contributed by atoms with van der Waals surface area (Å²) in [6, 6.07) is 4.89. The van der Waals surface area contributed by atoms with Gasteiger partial charge in [0.2, 0.25) is 0 Å². The Hall–Kier alpha value is -1.60. The number of hydrogen-bond donors (Lipinski definition) is 1. The number of thioether (sulfide) groups is 1. The van der Waals surface area contributed by atoms with Gasteiger partial charge in [-0.15, -0.1) is 0 Å². The molecular formula is C16H23N3O3S. The van der Waals surface area contributed by atoms with Gasteiger partial charge in [-0.1, -0.05) is 11.8 Å². The predicted molar refractivity (Wildman–Crippen MR) is 95.4 cm³/mol. The minimum absolute atomic E-state index is 0.0414. The van der Waals surface area contributed by atoms with Crippen molar-refractivity contribution in [3.8, 4) is 0 Å². The number of nitrogens with one attached hydrogen (secondary N) is 1. The van der Waals surface area contributed by atoms with Crippen LogP contribution in [0.1, 0.15) is 33.3 Å². The molecule has 0 bridgehead atoms. The molecule has 7 heteroatoms. The Morgan fingerprint density at radius 1 is 1.48 bits per heavy atom. The van der Waals surface area contributed by atoms with Crippen LogP contribution in [0.3, 0.4) is 0 Å². The maximum atomic E-state index is 10.8. The molecule has 0 fully saturated rings. The minimum Gasteiger partial charge on any atom is -0.371 e. The SMILES string of the molecule is Cc1cc([N+](=O)[O-])ccc1NC1=NC([C@H](C)OC(C)(C)C)CS1. The van der Waals surface area contributed by atoms with Gasteiger partial charge in [0, 0.05) is 23.6 Å². The van der Waals surface area contributed by atoms with Gasteiger partial charge in [-0.05, 0) is 46.2 Å². The molecule has 23 heavy (non-hydrogen) atoms. The Labute approximate surface area is 140 Å². The van der Waals surface area contributed by atoms with Crippen molar-refractivity contribution in [2.24, 2.45) is 4.99 Å². The molecule has 0 saturated carbocycles. The molecular weight excluding hydrogens is 314 g/mol. The van der Waals surface area contributed by atoms with Crippen LogP contribution in [-0.4, -0.2) is 33.6 Å². The lowest BCUT2D eigenvalue weighted by Crippen LogP contribution is -2.33. The summed E-state index contributed by atoms with van der Waals surface area (Å²) < 4.78 is 5.96. The lowest BCUT2D eigenvalue weighted by atomic mass is 10.1. The summed E-state index contributed by atoms with van der Waals surface area (Å²) in [4.78, 5) is 15.1. The third kappa shape index (κ3) is 4.94. The average Bonchev–Trinajstić information content (AvgIpc) is 2.87. The van der Waals surface area contributed by atoms with Crippen molar-refractivity contribution in [1.29, 1.82) is 0 Å². The van der Waals surface area contributed by atoms with Crippen LogP contribution in [0.2, 0.25) is 0 Å². The van der Waals surface area contributed by atoms with Gasteiger partial charge in [0.05, 0.1) is 22.7 Å². The summed E-state index contributed by atoms with van der Waals surface area (Å²) in [5.74, 6) is 0.867. The van der Waals surface area contributed by atoms with E-state index in [0.29, 0.717) is 0 Å². The third-order valence-corrected chi connectivity index (χ3v) is 4.41. The van der Waals surface area contributed by atoms with Gasteiger partial charge in [0.1, 0.15) is 0 Å². The van der Waals surface area contributed by atoms with Crippen molar-refractivity contribution < 1.29 is 9.66 Å². The number of aryl methyl sites for hydroxylation is 1. The van der Waals surface area contributed by atoms with E-state index in [0.717, 1.165) is 22.2 Å². The molecule has 0 saturated heterocycles. The first kappa shape index (κ1) is 17.7. The molecule has 1 aliphatic rings. The quantitative estimate of drug-likeness (QED) is 0.664. The molecule has 0 amide bonds. The van der Waals surface area contributed by atoms with E-state index in [1.807, 2.05) is 34.6 Å². The van der Waals surface area contributed by atoms with Crippen molar-refractivity contribution >= 4 is 28.3 Å². The number of hydrogen-bond acceptors (Lipinski definition) is 6. The van der Waals surface area contributed by atoms with Crippen LogP contribution < -0.4 is 5.32 Å². The van der Waals surface area contributed by atoms with Crippen molar-refractivity contribution in [3.63, 3.8) is 0 Å². The number of benzene rings is 1. The minimum atomic E-state index is -0.389. The summed E-state index contributed by atoms with van der Waals surface area (Å²) >= 11 is 1.64. The Morgan fingerprint density at radius 2 is 2.17 bits per heavy atom. The van der Waals surface area contributed by atoms with E-state index < -0.39 is 0 Å². The molecule has 2 atom stereocenters. The van der Waals surface area contributed by atoms with Gasteiger partial charge in [0.15, 0.2) is 5.17 Å². The van der Waals surface area contributed by atoms with Gasteiger partial charge in [-0.2, -0.15) is 0 Å². The molecule has 0 radical (unpaired) electrons. The van der Waals surface area contributed by atoms with Gasteiger partial charge in [-0.25, -0.2) is 0 Å². The number of non-ortho nitro benzene ring substituents is 1. The Morgan fingerprint density at radius 3 is 2.74 bits per heavy atom. The first-order valence-electron chi connectivity index (χ1n) is 7.56. The molecule has 0 aromatic heterocycles. The summed E-state index contributed by atoms with van der Waals surface area (Å²) in [5, 5.41) is 14.9. The molecule has 126 valence electrons. The zero-order chi connectivity index (χ0) is 17.2. The molecule has 1 aromatic rings. The van der Waals surface area contributed by atoms with E-state index in [1.54, 1.807) is 23.9 Å². The maximum Gasteiger partial charge on any atom is 0.269 e. The fourth-order valence-electron chi connectivity index (χ4n) is 2.35. The molecule has 1 aromatic carbocycles. The number of ether oxygens (including phenoxy) is 1. The van der Waals surface area contributed by atoms with Crippen LogP contribution in [0.25, 0.3) is 0 Å². The fourth-order valence-corrected chi connectivity index (χ4v) is 3.42. The summed E-state index contributed by atoms with van der Waals surface area (Å²) in [6.07, 6.45) is 0.0414. The van der Waals surface area contributed by atoms with E-state index in [-0.39, 0.29) is 28.4 Å². The Balaban J connectivity index is 2.04. The predicted octanol–water partition coefficient (Wildman–Crippen LogP) is 3.99. The highest BCUT2D eigenvalue weighted by Gasteiger charge is 2.28. The smallest absolute Gasteiger partial charge is 0.269 e. The molecule has 0 aliphatic carbocycles. The van der Waals surface area contributed by atoms with Gasteiger partial charge in [-0.3, -0.25) is 15.1 Å². The van der Waals surface area contributed by atoms with E-state index in [1.165, 1.54) is 6.07 Å². The summed E-state index contributed by atoms with van der Waals surface area (Å²) in [6.45, 7) is 10.00. The normalized spacial score (nSPS) is 19.3. The average molecular weight is 337 g/mol. The van der Waals surface area contributed by atoms with Gasteiger partial charge in [0.25, 0.3) is 5.69 Å². The highest BCUT2D eigenvalue weighted by atomic mass is 32.2. The number of nitro groups is 1. The summed E-state index contributed by atoms with van der Waals surface area (Å²) in [5.41, 5.74) is 1.57. The molecule has 2 rings (SSSR count). The maximum absolute atomic E-state index is 10.8. The summed E-state index contributed by atoms with van der Waals surface area (Å²) in [7, 11) is 0. The van der Waals surface area contributed by atoms with Gasteiger partial charge < -0.3 is 10.1 Å². The van der Waals surface area contributed by atoms with Crippen LogP contribution in [0.5, 0.6) is 0 Å². The fraction of sp³-hybridized carbons (Fsp3) is 0.562. The van der Waals surface area contributed by atoms with Crippen molar-refractivity contribution in [1.82, 2.24) is 0 Å². The highest BCUT2D eigenvalue weighted by molar-refractivity contribution is 8.14. The zero-order valence-corrected chi connectivity index (χ0v) is 14.9. The van der Waals surface area contributed by atoms with Crippen LogP contribution in [0.4, 0.5) is 11.4 Å². The Bertz CT molecular complexity index is 625. The first-order valence-corrected chi connectivity index (χ1v) is 8.55. The standard InChI is InChI=1S/C16H23N3O3S/c1-10-8-12(19(20)21)6-7-13(10)17-15-18-14(9-23-15)11(2)22-16(3,4)5/h6-8,11,14H,9H2,1-5H3,(H,17,18)/t11-,14?/m0/s1. The Kier molecular flexibility index (Phi) is 5.31.